The van der Waals surface area contributed by atoms with Crippen molar-refractivity contribution in [3.05, 3.63) is 53.6 Å². The number of benzene rings is 1. The van der Waals surface area contributed by atoms with E-state index in [1.165, 1.54) is 17.8 Å². The number of rotatable bonds is 5. The molecule has 0 amide bonds. The second-order valence-corrected chi connectivity index (χ2v) is 6.40. The normalized spacial score (nSPS) is 11.2. The van der Waals surface area contributed by atoms with Crippen molar-refractivity contribution in [1.29, 1.82) is 0 Å². The second-order valence-electron chi connectivity index (χ2n) is 5.47. The highest BCUT2D eigenvalue weighted by molar-refractivity contribution is 7.98. The Kier molecular flexibility index (Phi) is 4.29. The molecule has 4 rings (SSSR count). The van der Waals surface area contributed by atoms with Crippen LogP contribution in [-0.2, 0) is 5.75 Å². The van der Waals surface area contributed by atoms with Gasteiger partial charge in [0.2, 0.25) is 5.89 Å². The van der Waals surface area contributed by atoms with Crippen LogP contribution in [0.3, 0.4) is 0 Å². The van der Waals surface area contributed by atoms with Crippen molar-refractivity contribution in [1.82, 2.24) is 20.4 Å². The summed E-state index contributed by atoms with van der Waals surface area (Å²) in [6, 6.07) is 8.07. The first-order valence-corrected chi connectivity index (χ1v) is 8.69. The number of furan rings is 1. The van der Waals surface area contributed by atoms with Crippen molar-refractivity contribution in [2.75, 3.05) is 0 Å². The number of aromatic nitrogens is 4. The highest BCUT2D eigenvalue weighted by Crippen LogP contribution is 2.29. The molecule has 3 aromatic heterocycles. The van der Waals surface area contributed by atoms with E-state index in [2.05, 4.69) is 20.4 Å². The van der Waals surface area contributed by atoms with E-state index in [0.717, 1.165) is 17.1 Å². The molecule has 0 bridgehead atoms. The van der Waals surface area contributed by atoms with Crippen LogP contribution in [0, 0.1) is 19.7 Å². The lowest BCUT2D eigenvalue weighted by Gasteiger charge is -1.95. The Bertz CT molecular complexity index is 1060. The van der Waals surface area contributed by atoms with E-state index in [1.807, 2.05) is 19.9 Å². The lowest BCUT2D eigenvalue weighted by atomic mass is 10.2. The van der Waals surface area contributed by atoms with Gasteiger partial charge in [-0.1, -0.05) is 23.9 Å². The third-order valence-corrected chi connectivity index (χ3v) is 4.37. The summed E-state index contributed by atoms with van der Waals surface area (Å²) < 4.78 is 30.3. The van der Waals surface area contributed by atoms with Crippen LogP contribution in [0.1, 0.15) is 17.4 Å². The SMILES string of the molecule is Cc1cc(-c2nnc(CSc3nnc(-c4ccccc4F)o3)o2)c(C)o1. The zero-order chi connectivity index (χ0) is 18.1. The topological polar surface area (TPSA) is 91.0 Å². The number of thioether (sulfide) groups is 1. The van der Waals surface area contributed by atoms with E-state index in [-0.39, 0.29) is 11.5 Å². The van der Waals surface area contributed by atoms with Crippen molar-refractivity contribution in [3.8, 4) is 22.9 Å². The molecule has 26 heavy (non-hydrogen) atoms. The maximum absolute atomic E-state index is 13.8. The summed E-state index contributed by atoms with van der Waals surface area (Å²) in [5.41, 5.74) is 1.03. The molecule has 0 aliphatic carbocycles. The molecule has 0 unspecified atom stereocenters. The van der Waals surface area contributed by atoms with Gasteiger partial charge in [0.1, 0.15) is 17.3 Å². The first-order valence-electron chi connectivity index (χ1n) is 7.71. The lowest BCUT2D eigenvalue weighted by Crippen LogP contribution is -1.82. The average Bonchev–Trinajstić information content (AvgIpc) is 3.33. The third kappa shape index (κ3) is 3.25. The molecule has 132 valence electrons. The summed E-state index contributed by atoms with van der Waals surface area (Å²) in [6.07, 6.45) is 0. The summed E-state index contributed by atoms with van der Waals surface area (Å²) >= 11 is 1.23. The molecule has 0 saturated carbocycles. The van der Waals surface area contributed by atoms with Crippen LogP contribution >= 0.6 is 11.8 Å². The predicted molar refractivity (Wildman–Crippen MR) is 90.7 cm³/mol. The Balaban J connectivity index is 1.46. The van der Waals surface area contributed by atoms with E-state index < -0.39 is 5.82 Å². The van der Waals surface area contributed by atoms with Gasteiger partial charge in [0, 0.05) is 0 Å². The molecule has 0 aliphatic heterocycles. The molecule has 1 aromatic carbocycles. The van der Waals surface area contributed by atoms with Gasteiger partial charge in [-0.25, -0.2) is 4.39 Å². The lowest BCUT2D eigenvalue weighted by molar-refractivity contribution is 0.461. The Morgan fingerprint density at radius 2 is 1.69 bits per heavy atom. The molecule has 0 spiro atoms. The van der Waals surface area contributed by atoms with Gasteiger partial charge in [-0.3, -0.25) is 0 Å². The van der Waals surface area contributed by atoms with E-state index in [1.54, 1.807) is 18.2 Å². The van der Waals surface area contributed by atoms with Gasteiger partial charge in [-0.2, -0.15) is 0 Å². The third-order valence-electron chi connectivity index (χ3n) is 3.57. The molecular weight excluding hydrogens is 359 g/mol. The zero-order valence-corrected chi connectivity index (χ0v) is 14.7. The first kappa shape index (κ1) is 16.5. The Labute approximate surface area is 151 Å². The molecule has 0 atom stereocenters. The minimum absolute atomic E-state index is 0.126. The van der Waals surface area contributed by atoms with Crippen molar-refractivity contribution >= 4 is 11.8 Å². The number of hydrogen-bond acceptors (Lipinski definition) is 8. The maximum atomic E-state index is 13.8. The molecule has 7 nitrogen and oxygen atoms in total. The minimum Gasteiger partial charge on any atom is -0.466 e. The van der Waals surface area contributed by atoms with Gasteiger partial charge in [-0.15, -0.1) is 20.4 Å². The van der Waals surface area contributed by atoms with Gasteiger partial charge in [0.05, 0.1) is 16.9 Å². The highest BCUT2D eigenvalue weighted by atomic mass is 32.2. The van der Waals surface area contributed by atoms with E-state index in [0.29, 0.717) is 22.8 Å². The van der Waals surface area contributed by atoms with Crippen LogP contribution in [0.25, 0.3) is 22.9 Å². The van der Waals surface area contributed by atoms with Crippen molar-refractivity contribution in [3.63, 3.8) is 0 Å². The van der Waals surface area contributed by atoms with Crippen molar-refractivity contribution in [2.45, 2.75) is 24.8 Å². The second kappa shape index (κ2) is 6.75. The number of hydrogen-bond donors (Lipinski definition) is 0. The monoisotopic (exact) mass is 372 g/mol. The van der Waals surface area contributed by atoms with E-state index >= 15 is 0 Å². The molecule has 0 aliphatic rings. The van der Waals surface area contributed by atoms with Crippen molar-refractivity contribution < 1.29 is 17.6 Å². The fourth-order valence-electron chi connectivity index (χ4n) is 2.40. The van der Waals surface area contributed by atoms with Crippen LogP contribution < -0.4 is 0 Å². The first-order chi connectivity index (χ1) is 12.6. The van der Waals surface area contributed by atoms with Crippen LogP contribution in [0.15, 0.2) is 48.8 Å². The van der Waals surface area contributed by atoms with Crippen LogP contribution in [0.5, 0.6) is 0 Å². The van der Waals surface area contributed by atoms with E-state index in [9.17, 15) is 4.39 Å². The van der Waals surface area contributed by atoms with Crippen LogP contribution in [0.4, 0.5) is 4.39 Å². The summed E-state index contributed by atoms with van der Waals surface area (Å²) in [5.74, 6) is 2.36. The molecule has 4 aromatic rings. The van der Waals surface area contributed by atoms with E-state index in [4.69, 9.17) is 13.3 Å². The van der Waals surface area contributed by atoms with Crippen LogP contribution in [-0.4, -0.2) is 20.4 Å². The molecule has 3 heterocycles. The maximum Gasteiger partial charge on any atom is 0.277 e. The summed E-state index contributed by atoms with van der Waals surface area (Å²) in [4.78, 5) is 0. The van der Waals surface area contributed by atoms with Crippen LogP contribution in [0.2, 0.25) is 0 Å². The molecule has 0 radical (unpaired) electrons. The fourth-order valence-corrected chi connectivity index (χ4v) is 3.00. The molecule has 0 N–H and O–H groups in total. The molecular formula is C17H13FN4O3S. The fraction of sp³-hybridized carbons (Fsp3) is 0.176. The standard InChI is InChI=1S/C17H13FN4O3S/c1-9-7-12(10(2)23-9)16-20-19-14(24-16)8-26-17-22-21-15(25-17)11-5-3-4-6-13(11)18/h3-7H,8H2,1-2H3. The largest absolute Gasteiger partial charge is 0.466 e. The summed E-state index contributed by atoms with van der Waals surface area (Å²) in [5, 5.41) is 16.1. The average molecular weight is 372 g/mol. The molecule has 9 heteroatoms. The highest BCUT2D eigenvalue weighted by Gasteiger charge is 2.17. The molecule has 0 fully saturated rings. The number of aryl methyl sites for hydroxylation is 2. The summed E-state index contributed by atoms with van der Waals surface area (Å²) in [6.45, 7) is 3.69. The zero-order valence-electron chi connectivity index (χ0n) is 13.9. The quantitative estimate of drug-likeness (QED) is 0.475. The summed E-state index contributed by atoms with van der Waals surface area (Å²) in [7, 11) is 0. The Hall–Kier alpha value is -2.94. The Morgan fingerprint density at radius 3 is 2.46 bits per heavy atom. The van der Waals surface area contributed by atoms with Gasteiger partial charge in [0.25, 0.3) is 17.0 Å². The molecule has 0 saturated heterocycles. The van der Waals surface area contributed by atoms with Crippen molar-refractivity contribution in [2.24, 2.45) is 0 Å². The van der Waals surface area contributed by atoms with Gasteiger partial charge >= 0.3 is 0 Å². The van der Waals surface area contributed by atoms with Gasteiger partial charge in [-0.05, 0) is 32.0 Å². The van der Waals surface area contributed by atoms with Gasteiger partial charge < -0.3 is 13.3 Å². The van der Waals surface area contributed by atoms with Gasteiger partial charge in [0.15, 0.2) is 0 Å². The number of halogens is 1. The predicted octanol–water partition coefficient (Wildman–Crippen LogP) is 4.43. The number of nitrogens with zero attached hydrogens (tertiary/aromatic N) is 4. The smallest absolute Gasteiger partial charge is 0.277 e. The Morgan fingerprint density at radius 1 is 0.923 bits per heavy atom. The minimum atomic E-state index is -0.417.